The molecule has 0 N–H and O–H groups in total. The van der Waals surface area contributed by atoms with Gasteiger partial charge < -0.3 is 9.47 Å². The molecule has 1 aromatic carbocycles. The van der Waals surface area contributed by atoms with Gasteiger partial charge in [-0.15, -0.1) is 11.6 Å². The Morgan fingerprint density at radius 3 is 2.62 bits per heavy atom. The lowest BCUT2D eigenvalue weighted by molar-refractivity contribution is -0.131. The van der Waals surface area contributed by atoms with Gasteiger partial charge >= 0.3 is 0 Å². The fraction of sp³-hybridized carbons (Fsp3) is 0.500. The highest BCUT2D eigenvalue weighted by Crippen LogP contribution is 2.25. The van der Waals surface area contributed by atoms with Gasteiger partial charge in [0.15, 0.2) is 0 Å². The number of aryl methyl sites for hydroxylation is 1. The molecule has 0 aliphatic heterocycles. The van der Waals surface area contributed by atoms with Crippen LogP contribution in [0.4, 0.5) is 0 Å². The number of nitrogens with zero attached hydrogens (tertiary/aromatic N) is 3. The Morgan fingerprint density at radius 2 is 2.05 bits per heavy atom. The summed E-state index contributed by atoms with van der Waals surface area (Å²) < 4.78 is 1.95. The van der Waals surface area contributed by atoms with E-state index < -0.39 is 0 Å². The van der Waals surface area contributed by atoms with E-state index in [-0.39, 0.29) is 17.8 Å². The smallest absolute Gasteiger partial charge is 0.242 e. The summed E-state index contributed by atoms with van der Waals surface area (Å²) in [6.45, 7) is 9.61. The molecule has 0 saturated heterocycles. The molecule has 1 aromatic heterocycles. The molecular formula is C16H22ClN3O. The van der Waals surface area contributed by atoms with Gasteiger partial charge in [0, 0.05) is 13.1 Å². The molecule has 1 atom stereocenters. The number of amides is 1. The minimum atomic E-state index is -0.234. The summed E-state index contributed by atoms with van der Waals surface area (Å²) in [6.07, 6.45) is 0. The lowest BCUT2D eigenvalue weighted by Crippen LogP contribution is -2.33. The van der Waals surface area contributed by atoms with Crippen LogP contribution in [0.1, 0.15) is 37.5 Å². The maximum absolute atomic E-state index is 12.4. The number of hydrogen-bond donors (Lipinski definition) is 0. The van der Waals surface area contributed by atoms with Crippen molar-refractivity contribution in [2.45, 2.75) is 39.6 Å². The monoisotopic (exact) mass is 307 g/mol. The van der Waals surface area contributed by atoms with Crippen molar-refractivity contribution in [3.05, 3.63) is 29.6 Å². The van der Waals surface area contributed by atoms with Crippen LogP contribution in [0.15, 0.2) is 18.2 Å². The van der Waals surface area contributed by atoms with Crippen LogP contribution in [0.25, 0.3) is 11.0 Å². The Bertz CT molecular complexity index is 644. The topological polar surface area (TPSA) is 38.1 Å². The number of imidazole rings is 1. The Labute approximate surface area is 130 Å². The van der Waals surface area contributed by atoms with E-state index in [2.05, 4.69) is 11.1 Å². The normalized spacial score (nSPS) is 12.6. The third-order valence-electron chi connectivity index (χ3n) is 3.70. The van der Waals surface area contributed by atoms with Crippen molar-refractivity contribution < 1.29 is 4.79 Å². The summed E-state index contributed by atoms with van der Waals surface area (Å²) >= 11 is 6.24. The zero-order valence-corrected chi connectivity index (χ0v) is 13.8. The number of alkyl halides is 1. The Hall–Kier alpha value is -1.55. The maximum atomic E-state index is 12.4. The molecule has 0 aliphatic rings. The number of fused-ring (bicyclic) bond motifs is 1. The molecule has 2 aromatic rings. The molecule has 2 rings (SSSR count). The summed E-state index contributed by atoms with van der Waals surface area (Å²) in [5.74, 6) is 0.845. The van der Waals surface area contributed by atoms with Gasteiger partial charge in [-0.25, -0.2) is 4.98 Å². The fourth-order valence-corrected chi connectivity index (χ4v) is 2.70. The van der Waals surface area contributed by atoms with E-state index in [1.807, 2.05) is 49.3 Å². The molecule has 0 radical (unpaired) electrons. The molecule has 1 heterocycles. The zero-order valence-electron chi connectivity index (χ0n) is 13.1. The van der Waals surface area contributed by atoms with Crippen LogP contribution in [-0.2, 0) is 11.3 Å². The van der Waals surface area contributed by atoms with Crippen LogP contribution in [0.5, 0.6) is 0 Å². The van der Waals surface area contributed by atoms with Gasteiger partial charge in [-0.2, -0.15) is 0 Å². The molecule has 114 valence electrons. The Morgan fingerprint density at radius 1 is 1.38 bits per heavy atom. The number of aromatic nitrogens is 2. The summed E-state index contributed by atoms with van der Waals surface area (Å²) in [6, 6.07) is 6.06. The van der Waals surface area contributed by atoms with Crippen molar-refractivity contribution in [1.82, 2.24) is 14.5 Å². The van der Waals surface area contributed by atoms with E-state index in [0.717, 1.165) is 22.4 Å². The van der Waals surface area contributed by atoms with Crippen LogP contribution in [0.2, 0.25) is 0 Å². The standard InChI is InChI=1S/C16H22ClN3O/c1-5-19(6-2)15(21)10-20-14-9-11(3)7-8-13(14)18-16(20)12(4)17/h7-9,12H,5-6,10H2,1-4H3. The molecule has 0 spiro atoms. The van der Waals surface area contributed by atoms with Gasteiger partial charge in [-0.1, -0.05) is 6.07 Å². The predicted octanol–water partition coefficient (Wildman–Crippen LogP) is 3.51. The number of carbonyl (C=O) groups is 1. The summed E-state index contributed by atoms with van der Waals surface area (Å²) in [7, 11) is 0. The minimum Gasteiger partial charge on any atom is -0.342 e. The van der Waals surface area contributed by atoms with Gasteiger partial charge in [0.2, 0.25) is 5.91 Å². The van der Waals surface area contributed by atoms with Crippen LogP contribution in [0.3, 0.4) is 0 Å². The van der Waals surface area contributed by atoms with Crippen molar-refractivity contribution in [3.63, 3.8) is 0 Å². The number of likely N-dealkylation sites (N-methyl/N-ethyl adjacent to an activating group) is 1. The molecule has 0 fully saturated rings. The number of carbonyl (C=O) groups excluding carboxylic acids is 1. The van der Waals surface area contributed by atoms with Crippen LogP contribution >= 0.6 is 11.6 Å². The van der Waals surface area contributed by atoms with Gasteiger partial charge in [0.1, 0.15) is 12.4 Å². The molecule has 21 heavy (non-hydrogen) atoms. The molecule has 0 aliphatic carbocycles. The molecule has 5 heteroatoms. The first-order valence-electron chi connectivity index (χ1n) is 7.36. The van der Waals surface area contributed by atoms with Crippen molar-refractivity contribution >= 4 is 28.5 Å². The number of halogens is 1. The first-order chi connectivity index (χ1) is 9.97. The average molecular weight is 308 g/mol. The molecule has 1 amide bonds. The van der Waals surface area contributed by atoms with E-state index in [1.54, 1.807) is 0 Å². The highest BCUT2D eigenvalue weighted by Gasteiger charge is 2.19. The van der Waals surface area contributed by atoms with E-state index in [0.29, 0.717) is 13.1 Å². The highest BCUT2D eigenvalue weighted by atomic mass is 35.5. The highest BCUT2D eigenvalue weighted by molar-refractivity contribution is 6.20. The first-order valence-corrected chi connectivity index (χ1v) is 7.80. The van der Waals surface area contributed by atoms with Gasteiger partial charge in [0.05, 0.1) is 16.4 Å². The van der Waals surface area contributed by atoms with Crippen molar-refractivity contribution in [3.8, 4) is 0 Å². The zero-order chi connectivity index (χ0) is 15.6. The van der Waals surface area contributed by atoms with Crippen LogP contribution in [0, 0.1) is 6.92 Å². The van der Waals surface area contributed by atoms with E-state index in [9.17, 15) is 4.79 Å². The number of rotatable bonds is 5. The number of hydrogen-bond acceptors (Lipinski definition) is 2. The third-order valence-corrected chi connectivity index (χ3v) is 3.89. The van der Waals surface area contributed by atoms with Gasteiger partial charge in [-0.3, -0.25) is 4.79 Å². The maximum Gasteiger partial charge on any atom is 0.242 e. The van der Waals surface area contributed by atoms with E-state index in [1.165, 1.54) is 0 Å². The first kappa shape index (κ1) is 15.8. The number of benzene rings is 1. The van der Waals surface area contributed by atoms with E-state index >= 15 is 0 Å². The second kappa shape index (κ2) is 6.48. The minimum absolute atomic E-state index is 0.0966. The van der Waals surface area contributed by atoms with Crippen molar-refractivity contribution in [1.29, 1.82) is 0 Å². The molecule has 1 unspecified atom stereocenters. The van der Waals surface area contributed by atoms with Crippen LogP contribution in [-0.4, -0.2) is 33.4 Å². The predicted molar refractivity (Wildman–Crippen MR) is 86.7 cm³/mol. The average Bonchev–Trinajstić information content (AvgIpc) is 2.78. The largest absolute Gasteiger partial charge is 0.342 e. The van der Waals surface area contributed by atoms with Gasteiger partial charge in [0.25, 0.3) is 0 Å². The summed E-state index contributed by atoms with van der Waals surface area (Å²) in [4.78, 5) is 18.8. The van der Waals surface area contributed by atoms with Crippen molar-refractivity contribution in [2.75, 3.05) is 13.1 Å². The van der Waals surface area contributed by atoms with E-state index in [4.69, 9.17) is 11.6 Å². The lowest BCUT2D eigenvalue weighted by atomic mass is 10.2. The molecule has 0 bridgehead atoms. The second-order valence-electron chi connectivity index (χ2n) is 5.23. The molecular weight excluding hydrogens is 286 g/mol. The Kier molecular flexibility index (Phi) is 4.88. The molecule has 0 saturated carbocycles. The van der Waals surface area contributed by atoms with Gasteiger partial charge in [-0.05, 0) is 45.4 Å². The SMILES string of the molecule is CCN(CC)C(=O)Cn1c(C(C)Cl)nc2ccc(C)cc21. The fourth-order valence-electron chi connectivity index (χ4n) is 2.53. The molecule has 4 nitrogen and oxygen atoms in total. The quantitative estimate of drug-likeness (QED) is 0.793. The summed E-state index contributed by atoms with van der Waals surface area (Å²) in [5, 5.41) is -0.234. The van der Waals surface area contributed by atoms with Crippen molar-refractivity contribution in [2.24, 2.45) is 0 Å². The second-order valence-corrected chi connectivity index (χ2v) is 5.89. The van der Waals surface area contributed by atoms with Crippen LogP contribution < -0.4 is 0 Å². The third kappa shape index (κ3) is 3.21. The Balaban J connectivity index is 2.47. The summed E-state index contributed by atoms with van der Waals surface area (Å²) in [5.41, 5.74) is 3.00. The lowest BCUT2D eigenvalue weighted by Gasteiger charge is -2.20.